The number of nitrogens with zero attached hydrogens (tertiary/aromatic N) is 2. The molecule has 3 heterocycles. The average Bonchev–Trinajstić information content (AvgIpc) is 3.54. The molecule has 3 aliphatic rings. The van der Waals surface area contributed by atoms with Crippen molar-refractivity contribution in [3.05, 3.63) is 125 Å². The summed E-state index contributed by atoms with van der Waals surface area (Å²) in [6, 6.07) is 34.1. The van der Waals surface area contributed by atoms with Crippen molar-refractivity contribution in [2.45, 2.75) is 69.2 Å². The summed E-state index contributed by atoms with van der Waals surface area (Å²) in [4.78, 5) is 33.0. The highest BCUT2D eigenvalue weighted by molar-refractivity contribution is 6.91. The molecule has 1 saturated heterocycles. The summed E-state index contributed by atoms with van der Waals surface area (Å²) in [5.41, 5.74) is 3.77. The van der Waals surface area contributed by atoms with Gasteiger partial charge in [-0.2, -0.15) is 0 Å². The molecule has 1 spiro atoms. The predicted octanol–water partition coefficient (Wildman–Crippen LogP) is 5.79. The molecule has 0 aromatic heterocycles. The first kappa shape index (κ1) is 32.3. The highest BCUT2D eigenvalue weighted by Crippen LogP contribution is 2.60. The van der Waals surface area contributed by atoms with Crippen LogP contribution in [0.2, 0.25) is 18.6 Å². The molecule has 0 saturated carbocycles. The second-order valence-electron chi connectivity index (χ2n) is 14.1. The van der Waals surface area contributed by atoms with Crippen LogP contribution >= 0.6 is 0 Å². The number of benzene rings is 4. The van der Waals surface area contributed by atoms with Gasteiger partial charge in [-0.3, -0.25) is 9.59 Å². The molecule has 0 aliphatic carbocycles. The van der Waals surface area contributed by atoms with E-state index in [1.165, 1.54) is 10.8 Å². The van der Waals surface area contributed by atoms with E-state index in [4.69, 9.17) is 9.47 Å². The smallest absolute Gasteiger partial charge is 0.264 e. The summed E-state index contributed by atoms with van der Waals surface area (Å²) in [5, 5.41) is 11.6. The van der Waals surface area contributed by atoms with Gasteiger partial charge >= 0.3 is 0 Å². The Labute approximate surface area is 284 Å². The number of carbonyl (C=O) groups is 2. The van der Waals surface area contributed by atoms with Crippen LogP contribution in [0, 0.1) is 5.92 Å². The van der Waals surface area contributed by atoms with Crippen molar-refractivity contribution in [3.8, 4) is 5.75 Å². The number of hydrogen-bond donors (Lipinski definition) is 1. The van der Waals surface area contributed by atoms with Gasteiger partial charge in [-0.25, -0.2) is 0 Å². The van der Waals surface area contributed by atoms with Gasteiger partial charge in [0.05, 0.1) is 52.6 Å². The monoisotopic (exact) mass is 660 g/mol. The maximum Gasteiger partial charge on any atom is 0.264 e. The number of rotatable bonds is 8. The van der Waals surface area contributed by atoms with E-state index >= 15 is 0 Å². The van der Waals surface area contributed by atoms with Crippen LogP contribution in [-0.4, -0.2) is 55.8 Å². The summed E-state index contributed by atoms with van der Waals surface area (Å²) in [6.07, 6.45) is 0.248. The van der Waals surface area contributed by atoms with E-state index in [1.807, 2.05) is 88.7 Å². The third kappa shape index (κ3) is 5.27. The van der Waals surface area contributed by atoms with Crippen molar-refractivity contribution in [3.63, 3.8) is 0 Å². The van der Waals surface area contributed by atoms with Crippen LogP contribution in [0.5, 0.6) is 5.75 Å². The first-order valence-corrected chi connectivity index (χ1v) is 20.0. The molecule has 2 amide bonds. The molecule has 0 unspecified atom stereocenters. The number of aliphatic hydroxyl groups excluding tert-OH is 1. The molecule has 8 heteroatoms. The number of fused-ring (bicyclic) bond motifs is 3. The highest BCUT2D eigenvalue weighted by Gasteiger charge is 2.66. The van der Waals surface area contributed by atoms with Crippen molar-refractivity contribution < 1.29 is 24.2 Å². The second kappa shape index (κ2) is 12.7. The Morgan fingerprint density at radius 3 is 2.31 bits per heavy atom. The number of amides is 2. The van der Waals surface area contributed by atoms with Crippen molar-refractivity contribution in [1.29, 1.82) is 0 Å². The molecule has 5 atom stereocenters. The zero-order chi connectivity index (χ0) is 33.6. The van der Waals surface area contributed by atoms with Gasteiger partial charge in [-0.1, -0.05) is 110 Å². The van der Waals surface area contributed by atoms with Crippen LogP contribution < -0.4 is 14.8 Å². The maximum absolute atomic E-state index is 14.9. The molecule has 4 aromatic rings. The molecule has 1 N–H and O–H groups in total. The largest absolute Gasteiger partial charge is 0.497 e. The fourth-order valence-electron chi connectivity index (χ4n) is 8.72. The van der Waals surface area contributed by atoms with Crippen LogP contribution in [0.3, 0.4) is 0 Å². The lowest BCUT2D eigenvalue weighted by molar-refractivity contribution is -0.151. The number of aliphatic hydroxyl groups is 1. The van der Waals surface area contributed by atoms with Crippen LogP contribution in [-0.2, 0) is 39.4 Å². The van der Waals surface area contributed by atoms with Gasteiger partial charge < -0.3 is 24.4 Å². The number of carbonyl (C=O) groups excluding carboxylic acids is 2. The second-order valence-corrected chi connectivity index (χ2v) is 18.8. The van der Waals surface area contributed by atoms with Crippen molar-refractivity contribution in [2.24, 2.45) is 5.92 Å². The Morgan fingerprint density at radius 1 is 0.938 bits per heavy atom. The Balaban J connectivity index is 1.29. The highest BCUT2D eigenvalue weighted by atomic mass is 28.3. The molecule has 3 aliphatic heterocycles. The molecule has 0 bridgehead atoms. The maximum atomic E-state index is 14.9. The zero-order valence-corrected chi connectivity index (χ0v) is 29.1. The lowest BCUT2D eigenvalue weighted by atomic mass is 9.82. The molecule has 0 radical (unpaired) electrons. The van der Waals surface area contributed by atoms with E-state index in [-0.39, 0.29) is 42.3 Å². The zero-order valence-electron chi connectivity index (χ0n) is 28.1. The van der Waals surface area contributed by atoms with Gasteiger partial charge in [-0.05, 0) is 46.9 Å². The lowest BCUT2D eigenvalue weighted by Crippen LogP contribution is -2.52. The summed E-state index contributed by atoms with van der Waals surface area (Å²) >= 11 is 0. The first-order valence-electron chi connectivity index (χ1n) is 16.9. The average molecular weight is 661 g/mol. The standard InChI is InChI=1S/C40H44N2O5Si/c1-27-38(48(3,4)33-20-18-32(46-2)19-21-33)36(23-37(44)41-25-30-15-9-8-14-29(30)22-31(41)26-43)47-40(27)34-16-10-11-17-35(34)42(39(40)45)24-28-12-6-5-7-13-28/h5-21,27,31,36,38,43H,22-26H2,1-4H3/t27-,31+,36+,38-,40+/m1/s1. The summed E-state index contributed by atoms with van der Waals surface area (Å²) in [6.45, 7) is 7.59. The molecule has 248 valence electrons. The number of hydrogen-bond acceptors (Lipinski definition) is 5. The van der Waals surface area contributed by atoms with E-state index in [9.17, 15) is 14.7 Å². The van der Waals surface area contributed by atoms with E-state index in [0.29, 0.717) is 19.5 Å². The van der Waals surface area contributed by atoms with E-state index < -0.39 is 19.8 Å². The summed E-state index contributed by atoms with van der Waals surface area (Å²) in [5.74, 6) is 0.463. The predicted molar refractivity (Wildman–Crippen MR) is 190 cm³/mol. The molecular formula is C40H44N2O5Si. The van der Waals surface area contributed by atoms with Gasteiger partial charge in [0.25, 0.3) is 5.91 Å². The fourth-order valence-corrected chi connectivity index (χ4v) is 12.7. The third-order valence-electron chi connectivity index (χ3n) is 11.2. The Hall–Kier alpha value is -4.24. The minimum Gasteiger partial charge on any atom is -0.497 e. The van der Waals surface area contributed by atoms with Gasteiger partial charge in [-0.15, -0.1) is 0 Å². The van der Waals surface area contributed by atoms with Crippen LogP contribution in [0.4, 0.5) is 5.69 Å². The minimum atomic E-state index is -2.42. The van der Waals surface area contributed by atoms with Gasteiger partial charge in [0.15, 0.2) is 5.60 Å². The fraction of sp³-hybridized carbons (Fsp3) is 0.350. The van der Waals surface area contributed by atoms with Crippen molar-refractivity contribution >= 4 is 30.8 Å². The molecule has 4 aromatic carbocycles. The summed E-state index contributed by atoms with van der Waals surface area (Å²) in [7, 11) is -0.754. The minimum absolute atomic E-state index is 0.0535. The Kier molecular flexibility index (Phi) is 8.52. The number of ether oxygens (including phenoxy) is 2. The molecule has 1 fully saturated rings. The molecular weight excluding hydrogens is 617 g/mol. The molecule has 48 heavy (non-hydrogen) atoms. The van der Waals surface area contributed by atoms with E-state index in [2.05, 4.69) is 44.3 Å². The molecule has 7 rings (SSSR count). The number of para-hydroxylation sites is 1. The van der Waals surface area contributed by atoms with Crippen LogP contribution in [0.25, 0.3) is 0 Å². The number of methoxy groups -OCH3 is 1. The lowest BCUT2D eigenvalue weighted by Gasteiger charge is -2.39. The molecule has 7 nitrogen and oxygen atoms in total. The summed E-state index contributed by atoms with van der Waals surface area (Å²) < 4.78 is 12.7. The van der Waals surface area contributed by atoms with E-state index in [1.54, 1.807) is 7.11 Å². The topological polar surface area (TPSA) is 79.3 Å². The Morgan fingerprint density at radius 2 is 1.60 bits per heavy atom. The van der Waals surface area contributed by atoms with Crippen LogP contribution in [0.1, 0.15) is 35.6 Å². The Bertz CT molecular complexity index is 1810. The third-order valence-corrected chi connectivity index (χ3v) is 15.5. The van der Waals surface area contributed by atoms with Crippen molar-refractivity contribution in [2.75, 3.05) is 18.6 Å². The first-order chi connectivity index (χ1) is 23.2. The number of anilines is 1. The van der Waals surface area contributed by atoms with Crippen LogP contribution in [0.15, 0.2) is 103 Å². The van der Waals surface area contributed by atoms with Crippen molar-refractivity contribution in [1.82, 2.24) is 4.90 Å². The SMILES string of the molecule is COc1ccc([Si](C)(C)[C@H]2[C@H](CC(=O)N3Cc4ccccc4C[C@H]3CO)O[C@@]3(C(=O)N(Cc4ccccc4)c4ccccc43)[C@@H]2C)cc1. The van der Waals surface area contributed by atoms with Gasteiger partial charge in [0, 0.05) is 18.0 Å². The van der Waals surface area contributed by atoms with Gasteiger partial charge in [0.1, 0.15) is 5.75 Å². The van der Waals surface area contributed by atoms with E-state index in [0.717, 1.165) is 28.1 Å². The quantitative estimate of drug-likeness (QED) is 0.242. The van der Waals surface area contributed by atoms with Gasteiger partial charge in [0.2, 0.25) is 5.91 Å². The normalized spacial score (nSPS) is 24.9.